The Balaban J connectivity index is 0.000000848. The summed E-state index contributed by atoms with van der Waals surface area (Å²) in [5.41, 5.74) is 13.2. The van der Waals surface area contributed by atoms with Gasteiger partial charge >= 0.3 is 10.0 Å². The molecule has 7 nitrogen and oxygen atoms in total. The molecule has 0 saturated heterocycles. The summed E-state index contributed by atoms with van der Waals surface area (Å²) in [5.74, 6) is 2.09. The highest BCUT2D eigenvalue weighted by molar-refractivity contribution is 6.25. The van der Waals surface area contributed by atoms with Crippen LogP contribution in [-0.4, -0.2) is 57.5 Å². The zero-order valence-corrected chi connectivity index (χ0v) is 37.5. The molecule has 0 fully saturated rings. The van der Waals surface area contributed by atoms with Crippen molar-refractivity contribution in [3.8, 4) is 11.5 Å². The summed E-state index contributed by atoms with van der Waals surface area (Å²) in [4.78, 5) is 16.8. The zero-order valence-electron chi connectivity index (χ0n) is 34.7. The molecule has 0 aromatic heterocycles. The van der Waals surface area contributed by atoms with Crippen molar-refractivity contribution in [3.05, 3.63) is 55.6 Å². The zero-order chi connectivity index (χ0) is 38.7. The van der Waals surface area contributed by atoms with Gasteiger partial charge in [0, 0.05) is 6.61 Å². The summed E-state index contributed by atoms with van der Waals surface area (Å²) in [6.45, 7) is 39.7. The van der Waals surface area contributed by atoms with Gasteiger partial charge in [0.15, 0.2) is 9.76 Å². The topological polar surface area (TPSA) is 109 Å². The van der Waals surface area contributed by atoms with Crippen LogP contribution in [0.5, 0.6) is 11.5 Å². The molecule has 0 atom stereocenters. The molecule has 0 aliphatic rings. The largest absolute Gasteiger partial charge is 0.488 e. The van der Waals surface area contributed by atoms with Gasteiger partial charge in [-0.2, -0.15) is 0 Å². The van der Waals surface area contributed by atoms with Gasteiger partial charge in [-0.15, -0.1) is 0 Å². The number of aliphatic hydroxyl groups is 1. The van der Waals surface area contributed by atoms with E-state index in [1.54, 1.807) is 0 Å². The molecule has 0 heterocycles. The molecule has 2 aromatic carbocycles. The van der Waals surface area contributed by atoms with Crippen LogP contribution in [0, 0.1) is 41.5 Å². The Bertz CT molecular complexity index is 1320. The third-order valence-electron chi connectivity index (χ3n) is 8.55. The highest BCUT2D eigenvalue weighted by Crippen LogP contribution is 2.42. The fraction of sp³-hybridized carbons (Fsp3) is 0.700. The van der Waals surface area contributed by atoms with Gasteiger partial charge in [0.2, 0.25) is 0 Å². The second-order valence-electron chi connectivity index (χ2n) is 17.3. The van der Waals surface area contributed by atoms with E-state index in [0.717, 1.165) is 43.2 Å². The lowest BCUT2D eigenvalue weighted by atomic mass is 9.77. The molecule has 0 aliphatic carbocycles. The Kier molecular flexibility index (Phi) is 19.1. The summed E-state index contributed by atoms with van der Waals surface area (Å²) in [6, 6.07) is 0.978. The van der Waals surface area contributed by atoms with Gasteiger partial charge in [-0.05, 0) is 181 Å². The molecule has 2 aromatic rings. The second-order valence-corrected chi connectivity index (χ2v) is 19.0. The van der Waals surface area contributed by atoms with Crippen molar-refractivity contribution in [2.45, 2.75) is 178 Å². The van der Waals surface area contributed by atoms with Crippen LogP contribution in [0.1, 0.15) is 152 Å². The molecule has 284 valence electrons. The average Bonchev–Trinajstić information content (AvgIpc) is 2.93. The Labute approximate surface area is 305 Å². The molecular formula is C40H74O7Si2. The molecule has 0 spiro atoms. The maximum absolute atomic E-state index is 9.26. The number of hydrogen-bond donors (Lipinski definition) is 4. The van der Waals surface area contributed by atoms with Crippen LogP contribution in [0.25, 0.3) is 0 Å². The van der Waals surface area contributed by atoms with E-state index in [1.807, 2.05) is 0 Å². The van der Waals surface area contributed by atoms with Crippen molar-refractivity contribution in [3.63, 3.8) is 0 Å². The minimum atomic E-state index is -1.52. The SMILES string of the molecule is Cc1c(C)c(C(C)(C)C)c(C)c(CCCO)c1OC(C)(C)C.Cc1c(C)c(C(C)(C)C)c(C)c(CCC[SiH2]O)c1OC(C)(C)C.OO[SiH2]O. The normalized spacial score (nSPS) is 12.7. The molecule has 0 amide bonds. The first-order valence-corrected chi connectivity index (χ1v) is 20.8. The lowest BCUT2D eigenvalue weighted by molar-refractivity contribution is -0.148. The predicted molar refractivity (Wildman–Crippen MR) is 213 cm³/mol. The number of aliphatic hydroxyl groups excluding tert-OH is 1. The predicted octanol–water partition coefficient (Wildman–Crippen LogP) is 7.99. The van der Waals surface area contributed by atoms with E-state index in [0.29, 0.717) is 0 Å². The first-order valence-electron chi connectivity index (χ1n) is 17.9. The Hall–Kier alpha value is -1.73. The third kappa shape index (κ3) is 14.8. The van der Waals surface area contributed by atoms with Crippen molar-refractivity contribution in [2.24, 2.45) is 0 Å². The summed E-state index contributed by atoms with van der Waals surface area (Å²) < 4.78 is 15.9. The lowest BCUT2D eigenvalue weighted by Crippen LogP contribution is -2.26. The van der Waals surface area contributed by atoms with Gasteiger partial charge in [-0.1, -0.05) is 41.5 Å². The van der Waals surface area contributed by atoms with Gasteiger partial charge in [0.05, 0.1) is 0 Å². The highest BCUT2D eigenvalue weighted by Gasteiger charge is 2.29. The van der Waals surface area contributed by atoms with E-state index in [-0.39, 0.29) is 28.6 Å². The van der Waals surface area contributed by atoms with Crippen molar-refractivity contribution in [1.82, 2.24) is 0 Å². The van der Waals surface area contributed by atoms with Crippen LogP contribution in [0.15, 0.2) is 0 Å². The number of rotatable bonds is 10. The van der Waals surface area contributed by atoms with Crippen LogP contribution < -0.4 is 9.47 Å². The Morgan fingerprint density at radius 3 is 1.10 bits per heavy atom. The van der Waals surface area contributed by atoms with E-state index in [4.69, 9.17) is 19.5 Å². The van der Waals surface area contributed by atoms with Crippen molar-refractivity contribution in [1.29, 1.82) is 0 Å². The molecule has 0 bridgehead atoms. The molecule has 0 saturated carbocycles. The second kappa shape index (κ2) is 19.8. The highest BCUT2D eigenvalue weighted by atomic mass is 28.2. The molecule has 0 radical (unpaired) electrons. The number of ether oxygens (including phenoxy) is 2. The van der Waals surface area contributed by atoms with Gasteiger partial charge in [-0.25, -0.2) is 0 Å². The first-order chi connectivity index (χ1) is 22.2. The summed E-state index contributed by atoms with van der Waals surface area (Å²) in [7, 11) is -2.38. The average molecular weight is 723 g/mol. The quantitative estimate of drug-likeness (QED) is 0.0852. The minimum absolute atomic E-state index is 0.104. The van der Waals surface area contributed by atoms with E-state index >= 15 is 0 Å². The molecule has 2 rings (SSSR count). The van der Waals surface area contributed by atoms with E-state index in [2.05, 4.69) is 129 Å². The summed E-state index contributed by atoms with van der Waals surface area (Å²) in [5, 5.41) is 16.4. The van der Waals surface area contributed by atoms with Crippen molar-refractivity contribution >= 4 is 19.8 Å². The summed E-state index contributed by atoms with van der Waals surface area (Å²) in [6.07, 6.45) is 3.68. The van der Waals surface area contributed by atoms with Crippen molar-refractivity contribution < 1.29 is 34.0 Å². The van der Waals surface area contributed by atoms with Gasteiger partial charge in [0.1, 0.15) is 22.7 Å². The maximum atomic E-state index is 9.26. The van der Waals surface area contributed by atoms with E-state index in [1.165, 1.54) is 55.6 Å². The lowest BCUT2D eigenvalue weighted by Gasteiger charge is -2.32. The summed E-state index contributed by atoms with van der Waals surface area (Å²) >= 11 is 0. The Morgan fingerprint density at radius 1 is 0.531 bits per heavy atom. The standard InChI is InChI=1S/C20H36O2Si.C20H34O2.H4O3Si/c1-13-14(2)18(22-20(7,8)9)16(11-10-12-23-21)15(3)17(13)19(4,5)6;1-13-14(2)18(22-20(7,8)9)16(11-10-12-21)15(3)17(13)19(4,5)6;1-3-4-2/h21H,10-12,23H2,1-9H3;21H,10-12H2,1-9H3;1-2H,4H2. The fourth-order valence-electron chi connectivity index (χ4n) is 6.78. The van der Waals surface area contributed by atoms with Crippen LogP contribution in [0.2, 0.25) is 6.04 Å². The molecular weight excluding hydrogens is 649 g/mol. The van der Waals surface area contributed by atoms with E-state index in [9.17, 15) is 9.90 Å². The van der Waals surface area contributed by atoms with Gasteiger partial charge < -0.3 is 24.2 Å². The van der Waals surface area contributed by atoms with Crippen molar-refractivity contribution in [2.75, 3.05) is 6.61 Å². The third-order valence-corrected chi connectivity index (χ3v) is 9.49. The van der Waals surface area contributed by atoms with Crippen LogP contribution in [0.3, 0.4) is 0 Å². The molecule has 4 N–H and O–H groups in total. The Morgan fingerprint density at radius 2 is 0.857 bits per heavy atom. The number of benzene rings is 2. The van der Waals surface area contributed by atoms with Crippen LogP contribution >= 0.6 is 0 Å². The molecule has 9 heteroatoms. The smallest absolute Gasteiger partial charge is 0.341 e. The fourth-order valence-corrected chi connectivity index (χ4v) is 7.26. The first kappa shape index (κ1) is 47.3. The molecule has 0 aliphatic heterocycles. The molecule has 0 unspecified atom stereocenters. The van der Waals surface area contributed by atoms with Crippen LogP contribution in [-0.2, 0) is 28.2 Å². The van der Waals surface area contributed by atoms with Gasteiger partial charge in [-0.3, -0.25) is 9.83 Å². The monoisotopic (exact) mass is 722 g/mol. The van der Waals surface area contributed by atoms with Crippen LogP contribution in [0.4, 0.5) is 0 Å². The van der Waals surface area contributed by atoms with Gasteiger partial charge in [0.25, 0.3) is 0 Å². The molecule has 49 heavy (non-hydrogen) atoms. The number of hydrogen-bond acceptors (Lipinski definition) is 7. The van der Waals surface area contributed by atoms with E-state index < -0.39 is 19.8 Å². The maximum Gasteiger partial charge on any atom is 0.341 e. The minimum Gasteiger partial charge on any atom is -0.488 e.